The third kappa shape index (κ3) is 3.09. The number of likely N-dealkylation sites (N-methyl/N-ethyl adjacent to an activating group) is 1. The molecule has 0 bridgehead atoms. The van der Waals surface area contributed by atoms with Crippen LogP contribution in [0.25, 0.3) is 0 Å². The van der Waals surface area contributed by atoms with Gasteiger partial charge in [-0.3, -0.25) is 14.7 Å². The second-order valence-corrected chi connectivity index (χ2v) is 6.09. The van der Waals surface area contributed by atoms with Gasteiger partial charge in [-0.2, -0.15) is 0 Å². The Bertz CT molecular complexity index is 494. The van der Waals surface area contributed by atoms with Crippen molar-refractivity contribution in [1.82, 2.24) is 14.8 Å². The third-order valence-electron chi connectivity index (χ3n) is 4.48. The largest absolute Gasteiger partial charge is 0.362 e. The summed E-state index contributed by atoms with van der Waals surface area (Å²) < 4.78 is 5.99. The number of carbonyl (C=O) groups excluding carboxylic acids is 1. The van der Waals surface area contributed by atoms with Crippen molar-refractivity contribution in [3.8, 4) is 0 Å². The van der Waals surface area contributed by atoms with E-state index in [2.05, 4.69) is 9.88 Å². The zero-order chi connectivity index (χ0) is 14.7. The lowest BCUT2D eigenvalue weighted by Crippen LogP contribution is -2.59. The van der Waals surface area contributed by atoms with Crippen molar-refractivity contribution in [3.05, 3.63) is 30.1 Å². The van der Waals surface area contributed by atoms with E-state index in [1.54, 1.807) is 0 Å². The first-order valence-electron chi connectivity index (χ1n) is 7.70. The van der Waals surface area contributed by atoms with Crippen LogP contribution in [0.5, 0.6) is 0 Å². The molecule has 5 nitrogen and oxygen atoms in total. The first kappa shape index (κ1) is 14.5. The number of likely N-dealkylation sites (tertiary alicyclic amines) is 1. The number of nitrogens with zero attached hydrogens (tertiary/aromatic N) is 3. The van der Waals surface area contributed by atoms with Gasteiger partial charge in [-0.05, 0) is 37.0 Å². The van der Waals surface area contributed by atoms with Crippen LogP contribution in [0.1, 0.15) is 24.8 Å². The Morgan fingerprint density at radius 2 is 2.10 bits per heavy atom. The highest BCUT2D eigenvalue weighted by atomic mass is 16.5. The highest BCUT2D eigenvalue weighted by Crippen LogP contribution is 2.29. The molecule has 1 aromatic heterocycles. The van der Waals surface area contributed by atoms with Crippen LogP contribution in [0.3, 0.4) is 0 Å². The van der Waals surface area contributed by atoms with Gasteiger partial charge in [-0.15, -0.1) is 0 Å². The molecule has 5 heteroatoms. The lowest BCUT2D eigenvalue weighted by Gasteiger charge is -2.42. The Hall–Kier alpha value is -1.46. The Kier molecular flexibility index (Phi) is 4.22. The number of amides is 1. The van der Waals surface area contributed by atoms with Crippen LogP contribution in [-0.4, -0.2) is 59.6 Å². The van der Waals surface area contributed by atoms with Crippen molar-refractivity contribution < 1.29 is 9.53 Å². The number of hydrogen-bond acceptors (Lipinski definition) is 4. The smallest absolute Gasteiger partial charge is 0.255 e. The van der Waals surface area contributed by atoms with Crippen LogP contribution in [-0.2, 0) is 16.1 Å². The minimum atomic E-state index is -0.628. The molecular weight excluding hydrogens is 266 g/mol. The van der Waals surface area contributed by atoms with Crippen LogP contribution in [0, 0.1) is 0 Å². The molecule has 0 N–H and O–H groups in total. The maximum absolute atomic E-state index is 12.7. The zero-order valence-electron chi connectivity index (χ0n) is 12.6. The fourth-order valence-corrected chi connectivity index (χ4v) is 3.33. The molecule has 2 saturated heterocycles. The van der Waals surface area contributed by atoms with E-state index in [0.29, 0.717) is 13.2 Å². The number of rotatable bonds is 2. The zero-order valence-corrected chi connectivity index (χ0v) is 12.6. The average Bonchev–Trinajstić information content (AvgIpc) is 2.63. The second-order valence-electron chi connectivity index (χ2n) is 6.09. The highest BCUT2D eigenvalue weighted by molar-refractivity contribution is 5.85. The van der Waals surface area contributed by atoms with Crippen LogP contribution >= 0.6 is 0 Å². The van der Waals surface area contributed by atoms with E-state index >= 15 is 0 Å². The summed E-state index contributed by atoms with van der Waals surface area (Å²) in [4.78, 5) is 20.9. The Balaban J connectivity index is 1.73. The van der Waals surface area contributed by atoms with E-state index < -0.39 is 5.60 Å². The first-order chi connectivity index (χ1) is 10.2. The van der Waals surface area contributed by atoms with Gasteiger partial charge in [0, 0.05) is 45.6 Å². The van der Waals surface area contributed by atoms with E-state index in [4.69, 9.17) is 4.74 Å². The van der Waals surface area contributed by atoms with E-state index in [1.165, 1.54) is 5.56 Å². The predicted octanol–water partition coefficient (Wildman–Crippen LogP) is 1.29. The molecule has 1 atom stereocenters. The average molecular weight is 289 g/mol. The van der Waals surface area contributed by atoms with Crippen LogP contribution in [0.15, 0.2) is 24.5 Å². The third-order valence-corrected chi connectivity index (χ3v) is 4.48. The lowest BCUT2D eigenvalue weighted by atomic mass is 9.94. The SMILES string of the molecule is CN1CCCCC2(CN(Cc3ccncc3)CCO2)C1=O. The molecule has 1 amide bonds. The van der Waals surface area contributed by atoms with Gasteiger partial charge in [0.25, 0.3) is 5.91 Å². The van der Waals surface area contributed by atoms with E-state index in [1.807, 2.05) is 36.5 Å². The monoisotopic (exact) mass is 289 g/mol. The van der Waals surface area contributed by atoms with Crippen molar-refractivity contribution in [3.63, 3.8) is 0 Å². The van der Waals surface area contributed by atoms with Crippen molar-refractivity contribution in [2.45, 2.75) is 31.4 Å². The number of ether oxygens (including phenoxy) is 1. The summed E-state index contributed by atoms with van der Waals surface area (Å²) in [6.45, 7) is 3.89. The van der Waals surface area contributed by atoms with Crippen molar-refractivity contribution in [2.24, 2.45) is 0 Å². The molecule has 0 radical (unpaired) electrons. The quantitative estimate of drug-likeness (QED) is 0.823. The topological polar surface area (TPSA) is 45.7 Å². The summed E-state index contributed by atoms with van der Waals surface area (Å²) in [6, 6.07) is 4.06. The minimum Gasteiger partial charge on any atom is -0.362 e. The molecule has 1 unspecified atom stereocenters. The van der Waals surface area contributed by atoms with Crippen LogP contribution in [0.4, 0.5) is 0 Å². The van der Waals surface area contributed by atoms with E-state index in [9.17, 15) is 4.79 Å². The highest BCUT2D eigenvalue weighted by Gasteiger charge is 2.45. The Labute approximate surface area is 125 Å². The fraction of sp³-hybridized carbons (Fsp3) is 0.625. The van der Waals surface area contributed by atoms with Gasteiger partial charge in [0.05, 0.1) is 6.61 Å². The molecule has 3 heterocycles. The van der Waals surface area contributed by atoms with Gasteiger partial charge in [0.15, 0.2) is 5.60 Å². The van der Waals surface area contributed by atoms with Gasteiger partial charge >= 0.3 is 0 Å². The number of morpholine rings is 1. The number of hydrogen-bond donors (Lipinski definition) is 0. The van der Waals surface area contributed by atoms with Crippen LogP contribution < -0.4 is 0 Å². The summed E-state index contributed by atoms with van der Waals surface area (Å²) in [5, 5.41) is 0. The minimum absolute atomic E-state index is 0.152. The lowest BCUT2D eigenvalue weighted by molar-refractivity contribution is -0.169. The van der Waals surface area contributed by atoms with Gasteiger partial charge in [-0.25, -0.2) is 0 Å². The number of pyridine rings is 1. The molecule has 2 fully saturated rings. The second kappa shape index (κ2) is 6.12. The summed E-state index contributed by atoms with van der Waals surface area (Å²) in [5.74, 6) is 0.152. The van der Waals surface area contributed by atoms with Crippen molar-refractivity contribution >= 4 is 5.91 Å². The van der Waals surface area contributed by atoms with Crippen LogP contribution in [0.2, 0.25) is 0 Å². The first-order valence-corrected chi connectivity index (χ1v) is 7.70. The molecule has 0 aliphatic carbocycles. The molecule has 2 aliphatic rings. The molecule has 3 rings (SSSR count). The summed E-state index contributed by atoms with van der Waals surface area (Å²) >= 11 is 0. The van der Waals surface area contributed by atoms with Gasteiger partial charge in [0.1, 0.15) is 0 Å². The number of carbonyl (C=O) groups is 1. The van der Waals surface area contributed by atoms with Crippen molar-refractivity contribution in [2.75, 3.05) is 33.3 Å². The molecular formula is C16H23N3O2. The fourth-order valence-electron chi connectivity index (χ4n) is 3.33. The van der Waals surface area contributed by atoms with Gasteiger partial charge < -0.3 is 9.64 Å². The van der Waals surface area contributed by atoms with Crippen molar-refractivity contribution in [1.29, 1.82) is 0 Å². The summed E-state index contributed by atoms with van der Waals surface area (Å²) in [5.41, 5.74) is 0.604. The summed E-state index contributed by atoms with van der Waals surface area (Å²) in [7, 11) is 1.89. The maximum Gasteiger partial charge on any atom is 0.255 e. The summed E-state index contributed by atoms with van der Waals surface area (Å²) in [6.07, 6.45) is 6.59. The molecule has 0 aromatic carbocycles. The Morgan fingerprint density at radius 1 is 1.29 bits per heavy atom. The molecule has 114 valence electrons. The molecule has 1 aromatic rings. The molecule has 0 saturated carbocycles. The standard InChI is InChI=1S/C16H23N3O2/c1-18-9-3-2-6-16(15(18)20)13-19(10-11-21-16)12-14-4-7-17-8-5-14/h4-5,7-8H,2-3,6,9-13H2,1H3. The predicted molar refractivity (Wildman–Crippen MR) is 79.7 cm³/mol. The molecule has 21 heavy (non-hydrogen) atoms. The van der Waals surface area contributed by atoms with E-state index in [0.717, 1.165) is 38.9 Å². The van der Waals surface area contributed by atoms with E-state index in [-0.39, 0.29) is 5.91 Å². The Morgan fingerprint density at radius 3 is 2.90 bits per heavy atom. The molecule has 1 spiro atoms. The van der Waals surface area contributed by atoms with Gasteiger partial charge in [0.2, 0.25) is 0 Å². The van der Waals surface area contributed by atoms with Gasteiger partial charge in [-0.1, -0.05) is 0 Å². The number of aromatic nitrogens is 1. The molecule has 2 aliphatic heterocycles. The normalized spacial score (nSPS) is 27.9. The maximum atomic E-state index is 12.7.